The monoisotopic (exact) mass is 427 g/mol. The van der Waals surface area contributed by atoms with E-state index in [9.17, 15) is 0 Å². The van der Waals surface area contributed by atoms with Crippen molar-refractivity contribution in [2.45, 2.75) is 57.9 Å². The molecule has 1 atom stereocenters. The molecule has 1 aromatic rings. The number of aromatic nitrogens is 1. The van der Waals surface area contributed by atoms with Gasteiger partial charge in [0.1, 0.15) is 5.82 Å². The van der Waals surface area contributed by atoms with Crippen molar-refractivity contribution in [3.05, 3.63) is 30.6 Å². The number of rotatable bonds is 10. The fourth-order valence-corrected chi connectivity index (χ4v) is 4.51. The van der Waals surface area contributed by atoms with Crippen molar-refractivity contribution in [3.8, 4) is 5.88 Å². The van der Waals surface area contributed by atoms with Crippen LogP contribution in [-0.4, -0.2) is 72.6 Å². The second kappa shape index (κ2) is 11.5. The second-order valence-electron chi connectivity index (χ2n) is 8.59. The molecule has 7 heteroatoms. The molecule has 0 spiro atoms. The molecule has 170 valence electrons. The molecular weight excluding hydrogens is 390 g/mol. The smallest absolute Gasteiger partial charge is 0.215 e. The summed E-state index contributed by atoms with van der Waals surface area (Å²) in [5.74, 6) is 1.76. The lowest BCUT2D eigenvalue weighted by atomic mass is 9.92. The van der Waals surface area contributed by atoms with E-state index in [0.29, 0.717) is 6.04 Å². The molecule has 0 aromatic carbocycles. The SMILES string of the molecule is CCCOc1cccc(N2CCN(CCCCON3C=CN=C4CCCCC43)CC2)n1. The molecule has 0 N–H and O–H groups in total. The number of aliphatic imine (C=N–C) groups is 1. The van der Waals surface area contributed by atoms with E-state index < -0.39 is 0 Å². The van der Waals surface area contributed by atoms with Gasteiger partial charge in [0.05, 0.1) is 19.3 Å². The summed E-state index contributed by atoms with van der Waals surface area (Å²) < 4.78 is 5.68. The quantitative estimate of drug-likeness (QED) is 0.528. The van der Waals surface area contributed by atoms with Crippen molar-refractivity contribution in [2.24, 2.45) is 4.99 Å². The number of hydrogen-bond acceptors (Lipinski definition) is 7. The Hall–Kier alpha value is -2.12. The minimum Gasteiger partial charge on any atom is -0.478 e. The molecule has 7 nitrogen and oxygen atoms in total. The topological polar surface area (TPSA) is 53.4 Å². The van der Waals surface area contributed by atoms with Crippen molar-refractivity contribution in [1.29, 1.82) is 0 Å². The standard InChI is InChI=1S/C24H37N5O2/c1-2-19-30-24-11-7-10-23(26-24)28-17-15-27(16-18-28)13-5-6-20-31-29-14-12-25-21-8-3-4-9-22(21)29/h7,10-12,14,22H,2-6,8-9,13,15-20H2,1H3. The number of anilines is 1. The zero-order valence-corrected chi connectivity index (χ0v) is 18.9. The largest absolute Gasteiger partial charge is 0.478 e. The predicted molar refractivity (Wildman–Crippen MR) is 125 cm³/mol. The molecule has 3 aliphatic rings. The first-order valence-corrected chi connectivity index (χ1v) is 12.0. The van der Waals surface area contributed by atoms with Crippen LogP contribution in [0, 0.1) is 0 Å². The third kappa shape index (κ3) is 6.20. The Bertz CT molecular complexity index is 745. The Labute approximate surface area is 186 Å². The Morgan fingerprint density at radius 2 is 1.97 bits per heavy atom. The van der Waals surface area contributed by atoms with E-state index in [2.05, 4.69) is 32.8 Å². The van der Waals surface area contributed by atoms with Gasteiger partial charge in [-0.05, 0) is 51.1 Å². The average Bonchev–Trinajstić information content (AvgIpc) is 2.83. The van der Waals surface area contributed by atoms with Crippen LogP contribution in [0.5, 0.6) is 5.88 Å². The van der Waals surface area contributed by atoms with E-state index in [1.165, 1.54) is 25.0 Å². The first-order chi connectivity index (χ1) is 15.3. The second-order valence-corrected chi connectivity index (χ2v) is 8.59. The first kappa shape index (κ1) is 22.1. The highest BCUT2D eigenvalue weighted by atomic mass is 16.7. The number of hydroxylamine groups is 2. The van der Waals surface area contributed by atoms with Gasteiger partial charge in [0.25, 0.3) is 0 Å². The lowest BCUT2D eigenvalue weighted by Gasteiger charge is -2.36. The van der Waals surface area contributed by atoms with E-state index in [0.717, 1.165) is 83.3 Å². The van der Waals surface area contributed by atoms with Gasteiger partial charge in [0.2, 0.25) is 5.88 Å². The third-order valence-electron chi connectivity index (χ3n) is 6.27. The molecule has 2 aliphatic heterocycles. The number of piperazine rings is 1. The van der Waals surface area contributed by atoms with Gasteiger partial charge in [-0.2, -0.15) is 4.98 Å². The van der Waals surface area contributed by atoms with E-state index >= 15 is 0 Å². The number of pyridine rings is 1. The van der Waals surface area contributed by atoms with Gasteiger partial charge >= 0.3 is 0 Å². The minimum atomic E-state index is 0.367. The van der Waals surface area contributed by atoms with Gasteiger partial charge in [0, 0.05) is 50.4 Å². The van der Waals surface area contributed by atoms with E-state index in [4.69, 9.17) is 9.57 Å². The zero-order chi connectivity index (χ0) is 21.3. The molecule has 0 amide bonds. The highest BCUT2D eigenvalue weighted by Crippen LogP contribution is 2.24. The molecule has 0 bridgehead atoms. The highest BCUT2D eigenvalue weighted by Gasteiger charge is 2.27. The summed E-state index contributed by atoms with van der Waals surface area (Å²) in [5, 5.41) is 2.05. The van der Waals surface area contributed by atoms with Crippen molar-refractivity contribution in [3.63, 3.8) is 0 Å². The molecule has 1 saturated heterocycles. The summed E-state index contributed by atoms with van der Waals surface area (Å²) in [4.78, 5) is 20.2. The number of fused-ring (bicyclic) bond motifs is 1. The maximum Gasteiger partial charge on any atom is 0.215 e. The molecular formula is C24H37N5O2. The van der Waals surface area contributed by atoms with Gasteiger partial charge in [0.15, 0.2) is 0 Å². The van der Waals surface area contributed by atoms with Crippen molar-refractivity contribution in [2.75, 3.05) is 50.8 Å². The summed E-state index contributed by atoms with van der Waals surface area (Å²) >= 11 is 0. The van der Waals surface area contributed by atoms with Crippen molar-refractivity contribution in [1.82, 2.24) is 14.9 Å². The fourth-order valence-electron chi connectivity index (χ4n) is 4.51. The maximum absolute atomic E-state index is 6.07. The Balaban J connectivity index is 1.11. The van der Waals surface area contributed by atoms with Crippen LogP contribution in [0.25, 0.3) is 0 Å². The molecule has 1 aromatic heterocycles. The normalized spacial score (nSPS) is 21.7. The Morgan fingerprint density at radius 1 is 1.06 bits per heavy atom. The van der Waals surface area contributed by atoms with Crippen molar-refractivity contribution < 1.29 is 9.57 Å². The molecule has 1 unspecified atom stereocenters. The summed E-state index contributed by atoms with van der Waals surface area (Å²) in [7, 11) is 0. The molecule has 31 heavy (non-hydrogen) atoms. The lowest BCUT2D eigenvalue weighted by molar-refractivity contribution is -0.139. The zero-order valence-electron chi connectivity index (χ0n) is 18.9. The number of hydrogen-bond donors (Lipinski definition) is 0. The number of ether oxygens (including phenoxy) is 1. The van der Waals surface area contributed by atoms with Gasteiger partial charge in [-0.25, -0.2) is 0 Å². The summed E-state index contributed by atoms with van der Waals surface area (Å²) in [5.41, 5.74) is 1.29. The average molecular weight is 428 g/mol. The van der Waals surface area contributed by atoms with Crippen LogP contribution in [0.1, 0.15) is 51.9 Å². The maximum atomic E-state index is 6.07. The van der Waals surface area contributed by atoms with Gasteiger partial charge in [-0.15, -0.1) is 0 Å². The number of unbranched alkanes of at least 4 members (excludes halogenated alkanes) is 1. The van der Waals surface area contributed by atoms with Gasteiger partial charge in [-0.3, -0.25) is 19.8 Å². The van der Waals surface area contributed by atoms with Crippen LogP contribution in [0.15, 0.2) is 35.6 Å². The van der Waals surface area contributed by atoms with Crippen molar-refractivity contribution >= 4 is 11.5 Å². The van der Waals surface area contributed by atoms with E-state index in [-0.39, 0.29) is 0 Å². The van der Waals surface area contributed by atoms with Gasteiger partial charge < -0.3 is 9.64 Å². The Morgan fingerprint density at radius 3 is 2.84 bits per heavy atom. The number of nitrogens with zero attached hydrogens (tertiary/aromatic N) is 5. The van der Waals surface area contributed by atoms with Crippen LogP contribution in [0.3, 0.4) is 0 Å². The summed E-state index contributed by atoms with van der Waals surface area (Å²) in [6.45, 7) is 8.95. The Kier molecular flexibility index (Phi) is 8.18. The summed E-state index contributed by atoms with van der Waals surface area (Å²) in [6, 6.07) is 6.44. The third-order valence-corrected chi connectivity index (χ3v) is 6.27. The molecule has 0 radical (unpaired) electrons. The highest BCUT2D eigenvalue weighted by molar-refractivity contribution is 5.91. The molecule has 2 fully saturated rings. The molecule has 1 aliphatic carbocycles. The van der Waals surface area contributed by atoms with E-state index in [1.54, 1.807) is 0 Å². The summed E-state index contributed by atoms with van der Waals surface area (Å²) in [6.07, 6.45) is 12.0. The molecule has 1 saturated carbocycles. The van der Waals surface area contributed by atoms with E-state index in [1.807, 2.05) is 29.6 Å². The van der Waals surface area contributed by atoms with Crippen LogP contribution < -0.4 is 9.64 Å². The van der Waals surface area contributed by atoms with Crippen LogP contribution in [-0.2, 0) is 4.84 Å². The van der Waals surface area contributed by atoms with Crippen LogP contribution >= 0.6 is 0 Å². The molecule has 3 heterocycles. The molecule has 4 rings (SSSR count). The van der Waals surface area contributed by atoms with Crippen LogP contribution in [0.2, 0.25) is 0 Å². The van der Waals surface area contributed by atoms with Crippen LogP contribution in [0.4, 0.5) is 5.82 Å². The lowest BCUT2D eigenvalue weighted by Crippen LogP contribution is -2.47. The minimum absolute atomic E-state index is 0.367. The predicted octanol–water partition coefficient (Wildman–Crippen LogP) is 3.87. The fraction of sp³-hybridized carbons (Fsp3) is 0.667. The van der Waals surface area contributed by atoms with Gasteiger partial charge in [-0.1, -0.05) is 19.4 Å². The first-order valence-electron chi connectivity index (χ1n) is 12.0.